The highest BCUT2D eigenvalue weighted by atomic mass is 16.7. The Labute approximate surface area is 494 Å². The molecule has 6 rings (SSSR count). The van der Waals surface area contributed by atoms with E-state index in [1.807, 2.05) is 0 Å². The summed E-state index contributed by atoms with van der Waals surface area (Å²) >= 11 is 0. The molecule has 0 N–H and O–H groups in total. The van der Waals surface area contributed by atoms with Gasteiger partial charge in [0.2, 0.25) is 0 Å². The standard InChI is InChI=1S/C72H126N4O4/c1-25-29-37-77-73-65(13,14)43-57(47-69(73,21)51(5)6)61-35-33-55(41-63(61)59-45-67(17,18)75(79-39-31-27-3)71(23,49-59)53(9)10)56-34-36-62(58-44-66(15,16)74(78-38-30-26-2)70(22,48-58)52(7)8)64(42-56)60-46-68(19,20)76(80-40-32-28-4)72(24,50-60)54(11)12/h33-36,41-42,51-54,57-60H,25-32,37-40,43-50H2,1-24H3. The molecule has 8 atom stereocenters. The maximum absolute atomic E-state index is 6.94. The highest BCUT2D eigenvalue weighted by molar-refractivity contribution is 5.68. The molecule has 0 amide bonds. The van der Waals surface area contributed by atoms with E-state index in [9.17, 15) is 0 Å². The quantitative estimate of drug-likeness (QED) is 0.0912. The molecule has 458 valence electrons. The van der Waals surface area contributed by atoms with Crippen LogP contribution in [0.25, 0.3) is 11.1 Å². The number of hydrogen-bond donors (Lipinski definition) is 0. The van der Waals surface area contributed by atoms with E-state index in [0.717, 1.165) is 129 Å². The highest BCUT2D eigenvalue weighted by Crippen LogP contribution is 2.57. The Bertz CT molecular complexity index is 2130. The van der Waals surface area contributed by atoms with Gasteiger partial charge in [-0.3, -0.25) is 19.4 Å². The summed E-state index contributed by atoms with van der Waals surface area (Å²) in [6.45, 7) is 61.3. The van der Waals surface area contributed by atoms with Crippen molar-refractivity contribution < 1.29 is 19.4 Å². The van der Waals surface area contributed by atoms with Gasteiger partial charge in [-0.25, -0.2) is 0 Å². The maximum Gasteiger partial charge on any atom is 0.0685 e. The summed E-state index contributed by atoms with van der Waals surface area (Å²) in [7, 11) is 0. The minimum absolute atomic E-state index is 0.129. The second-order valence-corrected chi connectivity index (χ2v) is 31.3. The predicted molar refractivity (Wildman–Crippen MR) is 340 cm³/mol. The van der Waals surface area contributed by atoms with Crippen molar-refractivity contribution in [2.24, 2.45) is 23.7 Å². The summed E-state index contributed by atoms with van der Waals surface area (Å²) in [6, 6.07) is 15.7. The fourth-order valence-electron chi connectivity index (χ4n) is 16.3. The third-order valence-corrected chi connectivity index (χ3v) is 21.8. The van der Waals surface area contributed by atoms with E-state index in [-0.39, 0.29) is 44.3 Å². The predicted octanol–water partition coefficient (Wildman–Crippen LogP) is 19.8. The van der Waals surface area contributed by atoms with E-state index in [2.05, 4.69) is 223 Å². The summed E-state index contributed by atoms with van der Waals surface area (Å²) in [6.07, 6.45) is 17.3. The zero-order valence-corrected chi connectivity index (χ0v) is 56.6. The number of nitrogens with zero attached hydrogens (tertiary/aromatic N) is 4. The molecule has 2 aromatic rings. The lowest BCUT2D eigenvalue weighted by atomic mass is 9.63. The van der Waals surface area contributed by atoms with Crippen molar-refractivity contribution in [3.8, 4) is 11.1 Å². The smallest absolute Gasteiger partial charge is 0.0685 e. The van der Waals surface area contributed by atoms with Gasteiger partial charge in [0.1, 0.15) is 0 Å². The second kappa shape index (κ2) is 26.4. The van der Waals surface area contributed by atoms with Gasteiger partial charge in [0, 0.05) is 44.3 Å². The third-order valence-electron chi connectivity index (χ3n) is 21.8. The molecule has 4 aliphatic heterocycles. The summed E-state index contributed by atoms with van der Waals surface area (Å²) in [4.78, 5) is 27.7. The van der Waals surface area contributed by atoms with Crippen molar-refractivity contribution in [1.29, 1.82) is 0 Å². The molecular weight excluding hydrogens is 985 g/mol. The average Bonchev–Trinajstić information content (AvgIpc) is 3.36. The molecule has 80 heavy (non-hydrogen) atoms. The van der Waals surface area contributed by atoms with Gasteiger partial charge >= 0.3 is 0 Å². The van der Waals surface area contributed by atoms with Crippen LogP contribution in [0.3, 0.4) is 0 Å². The molecular formula is C72H126N4O4. The maximum atomic E-state index is 6.94. The van der Waals surface area contributed by atoms with Crippen LogP contribution in [-0.2, 0) is 19.4 Å². The molecule has 2 aromatic carbocycles. The van der Waals surface area contributed by atoms with Crippen molar-refractivity contribution in [3.63, 3.8) is 0 Å². The first-order chi connectivity index (χ1) is 37.2. The molecule has 4 fully saturated rings. The van der Waals surface area contributed by atoms with Crippen LogP contribution in [0.4, 0.5) is 0 Å². The van der Waals surface area contributed by atoms with E-state index in [1.165, 1.54) is 11.1 Å². The van der Waals surface area contributed by atoms with E-state index in [1.54, 1.807) is 22.3 Å². The van der Waals surface area contributed by atoms with E-state index in [4.69, 9.17) is 19.4 Å². The Hall–Kier alpha value is -1.88. The number of unbranched alkanes of at least 4 members (excludes halogenated alkanes) is 4. The van der Waals surface area contributed by atoms with Crippen LogP contribution in [0.15, 0.2) is 36.4 Å². The molecule has 4 heterocycles. The van der Waals surface area contributed by atoms with Crippen molar-refractivity contribution in [1.82, 2.24) is 20.3 Å². The van der Waals surface area contributed by atoms with Gasteiger partial charge < -0.3 is 0 Å². The number of piperidine rings is 4. The number of hydroxylamine groups is 8. The molecule has 0 spiro atoms. The van der Waals surface area contributed by atoms with Crippen LogP contribution in [0, 0.1) is 23.7 Å². The SMILES string of the molecule is CCCCON1C(C)(C)CC(c2ccc(-c3ccc(C4CC(C)(C)N(OCCCC)C(C)(C(C)C)C4)c(C4CC(C)(C)N(OCCCC)C(C)(C(C)C)C4)c3)cc2C2CC(C)(C)N(OCCCC)C(C)(C(C)C)C2)CC1(C)C(C)C. The largest absolute Gasteiger partial charge is 0.298 e. The van der Waals surface area contributed by atoms with Crippen LogP contribution < -0.4 is 0 Å². The van der Waals surface area contributed by atoms with Gasteiger partial charge in [0.15, 0.2) is 0 Å². The van der Waals surface area contributed by atoms with E-state index in [0.29, 0.717) is 47.3 Å². The average molecular weight is 1110 g/mol. The van der Waals surface area contributed by atoms with Gasteiger partial charge in [-0.05, 0) is 241 Å². The minimum Gasteiger partial charge on any atom is -0.298 e. The summed E-state index contributed by atoms with van der Waals surface area (Å²) in [5, 5.41) is 9.86. The lowest BCUT2D eigenvalue weighted by molar-refractivity contribution is -0.299. The molecule has 0 aliphatic carbocycles. The topological polar surface area (TPSA) is 49.9 Å². The fourth-order valence-corrected chi connectivity index (χ4v) is 16.3. The minimum atomic E-state index is -0.167. The summed E-state index contributed by atoms with van der Waals surface area (Å²) in [5.74, 6) is 3.12. The van der Waals surface area contributed by atoms with Crippen molar-refractivity contribution in [2.45, 2.75) is 337 Å². The van der Waals surface area contributed by atoms with Gasteiger partial charge in [0.25, 0.3) is 0 Å². The normalized spacial score (nSPS) is 31.5. The Morgan fingerprint density at radius 2 is 0.550 bits per heavy atom. The van der Waals surface area contributed by atoms with Crippen LogP contribution in [0.2, 0.25) is 0 Å². The lowest BCUT2D eigenvalue weighted by Crippen LogP contribution is -2.64. The van der Waals surface area contributed by atoms with Gasteiger partial charge in [0.05, 0.1) is 26.4 Å². The summed E-state index contributed by atoms with van der Waals surface area (Å²) in [5.41, 5.74) is 7.75. The molecule has 8 nitrogen and oxygen atoms in total. The van der Waals surface area contributed by atoms with E-state index >= 15 is 0 Å². The van der Waals surface area contributed by atoms with E-state index < -0.39 is 0 Å². The van der Waals surface area contributed by atoms with Gasteiger partial charge in [-0.15, -0.1) is 0 Å². The lowest BCUT2D eigenvalue weighted by Gasteiger charge is -2.58. The van der Waals surface area contributed by atoms with Crippen molar-refractivity contribution >= 4 is 0 Å². The molecule has 0 aromatic heterocycles. The second-order valence-electron chi connectivity index (χ2n) is 31.3. The van der Waals surface area contributed by atoms with Crippen molar-refractivity contribution in [2.75, 3.05) is 26.4 Å². The number of benzene rings is 2. The van der Waals surface area contributed by atoms with Gasteiger partial charge in [-0.2, -0.15) is 20.3 Å². The zero-order chi connectivity index (χ0) is 59.6. The molecule has 0 radical (unpaired) electrons. The zero-order valence-electron chi connectivity index (χ0n) is 56.6. The van der Waals surface area contributed by atoms with Crippen LogP contribution in [0.1, 0.15) is 315 Å². The number of hydrogen-bond acceptors (Lipinski definition) is 8. The van der Waals surface area contributed by atoms with Crippen LogP contribution >= 0.6 is 0 Å². The van der Waals surface area contributed by atoms with Crippen LogP contribution in [-0.4, -0.2) is 91.0 Å². The third kappa shape index (κ3) is 13.8. The molecule has 0 bridgehead atoms. The van der Waals surface area contributed by atoms with Crippen molar-refractivity contribution in [3.05, 3.63) is 58.7 Å². The Morgan fingerprint density at radius 1 is 0.338 bits per heavy atom. The van der Waals surface area contributed by atoms with Gasteiger partial charge in [-0.1, -0.05) is 145 Å². The molecule has 0 saturated carbocycles. The Morgan fingerprint density at radius 3 is 0.750 bits per heavy atom. The van der Waals surface area contributed by atoms with Crippen LogP contribution in [0.5, 0.6) is 0 Å². The molecule has 4 aliphatic rings. The monoisotopic (exact) mass is 1110 g/mol. The molecule has 8 unspecified atom stereocenters. The first-order valence-corrected chi connectivity index (χ1v) is 33.3. The first kappa shape index (κ1) is 67.2. The number of rotatable bonds is 25. The highest BCUT2D eigenvalue weighted by Gasteiger charge is 2.56. The Kier molecular flexibility index (Phi) is 22.2. The molecule has 4 saturated heterocycles. The summed E-state index contributed by atoms with van der Waals surface area (Å²) < 4.78 is 0. The fraction of sp³-hybridized carbons (Fsp3) is 0.833. The first-order valence-electron chi connectivity index (χ1n) is 33.3. The molecule has 8 heteroatoms. The Balaban J connectivity index is 1.58.